The smallest absolute Gasteiger partial charge is 0.129 e. The van der Waals surface area contributed by atoms with Crippen LogP contribution in [0.4, 0.5) is 10.1 Å². The van der Waals surface area contributed by atoms with Crippen LogP contribution >= 0.6 is 0 Å². The van der Waals surface area contributed by atoms with Crippen LogP contribution in [-0.2, 0) is 6.54 Å². The van der Waals surface area contributed by atoms with Crippen molar-refractivity contribution in [3.05, 3.63) is 65.5 Å². The van der Waals surface area contributed by atoms with Gasteiger partial charge in [0.15, 0.2) is 0 Å². The van der Waals surface area contributed by atoms with Crippen LogP contribution in [0.3, 0.4) is 0 Å². The van der Waals surface area contributed by atoms with Crippen molar-refractivity contribution in [1.29, 1.82) is 0 Å². The molecule has 2 nitrogen and oxygen atoms in total. The Morgan fingerprint density at radius 2 is 1.95 bits per heavy atom. The Morgan fingerprint density at radius 1 is 1.16 bits per heavy atom. The second kappa shape index (κ2) is 5.02. The van der Waals surface area contributed by atoms with E-state index in [0.717, 1.165) is 6.42 Å². The summed E-state index contributed by atoms with van der Waals surface area (Å²) < 4.78 is 13.6. The van der Waals surface area contributed by atoms with Crippen LogP contribution in [0, 0.1) is 5.82 Å². The summed E-state index contributed by atoms with van der Waals surface area (Å²) >= 11 is 0. The molecule has 0 aromatic heterocycles. The summed E-state index contributed by atoms with van der Waals surface area (Å²) in [4.78, 5) is 0. The first kappa shape index (κ1) is 12.2. The summed E-state index contributed by atoms with van der Waals surface area (Å²) in [5.74, 6) is 0.336. The van der Waals surface area contributed by atoms with E-state index < -0.39 is 0 Å². The molecule has 2 aromatic carbocycles. The monoisotopic (exact) mass is 256 g/mol. The molecular formula is C16H17FN2. The summed E-state index contributed by atoms with van der Waals surface area (Å²) in [6.45, 7) is 0.556. The zero-order valence-corrected chi connectivity index (χ0v) is 10.6. The zero-order valence-electron chi connectivity index (χ0n) is 10.6. The summed E-state index contributed by atoms with van der Waals surface area (Å²) in [7, 11) is 0. The summed E-state index contributed by atoms with van der Waals surface area (Å²) in [5, 5.41) is 3.40. The van der Waals surface area contributed by atoms with Gasteiger partial charge in [0.25, 0.3) is 0 Å². The maximum absolute atomic E-state index is 13.6. The molecule has 1 saturated carbocycles. The fourth-order valence-electron chi connectivity index (χ4n) is 2.44. The molecule has 1 aliphatic carbocycles. The summed E-state index contributed by atoms with van der Waals surface area (Å²) in [6.07, 6.45) is 1.13. The van der Waals surface area contributed by atoms with Gasteiger partial charge in [0.2, 0.25) is 0 Å². The normalized spacial score (nSPS) is 21.3. The predicted octanol–water partition coefficient (Wildman–Crippen LogP) is 3.05. The standard InChI is InChI=1S/C16H17FN2/c17-15-8-13(18)7-6-12(15)10-19-16-9-14(16)11-4-2-1-3-5-11/h1-8,14,16,19H,9-10,18H2. The molecule has 3 heteroatoms. The lowest BCUT2D eigenvalue weighted by Crippen LogP contribution is -2.18. The van der Waals surface area contributed by atoms with Crippen LogP contribution < -0.4 is 11.1 Å². The van der Waals surface area contributed by atoms with E-state index in [0.29, 0.717) is 29.8 Å². The Morgan fingerprint density at radius 3 is 2.68 bits per heavy atom. The van der Waals surface area contributed by atoms with E-state index in [1.807, 2.05) is 6.07 Å². The number of nitrogen functional groups attached to an aromatic ring is 1. The van der Waals surface area contributed by atoms with Crippen LogP contribution in [0.15, 0.2) is 48.5 Å². The maximum atomic E-state index is 13.6. The van der Waals surface area contributed by atoms with Crippen LogP contribution in [0.5, 0.6) is 0 Å². The van der Waals surface area contributed by atoms with E-state index in [-0.39, 0.29) is 5.82 Å². The molecule has 0 spiro atoms. The van der Waals surface area contributed by atoms with Gasteiger partial charge in [-0.25, -0.2) is 4.39 Å². The summed E-state index contributed by atoms with van der Waals surface area (Å²) in [6, 6.07) is 15.8. The van der Waals surface area contributed by atoms with Gasteiger partial charge < -0.3 is 11.1 Å². The molecule has 3 N–H and O–H groups in total. The predicted molar refractivity (Wildman–Crippen MR) is 75.2 cm³/mol. The Balaban J connectivity index is 1.57. The summed E-state index contributed by atoms with van der Waals surface area (Å²) in [5.41, 5.74) is 8.03. The number of anilines is 1. The van der Waals surface area contributed by atoms with Gasteiger partial charge in [-0.15, -0.1) is 0 Å². The number of nitrogens with two attached hydrogens (primary N) is 1. The number of benzene rings is 2. The number of nitrogens with one attached hydrogen (secondary N) is 1. The van der Waals surface area contributed by atoms with Crippen LogP contribution in [0.25, 0.3) is 0 Å². The van der Waals surface area contributed by atoms with Gasteiger partial charge in [-0.2, -0.15) is 0 Å². The van der Waals surface area contributed by atoms with Crippen molar-refractivity contribution < 1.29 is 4.39 Å². The fourth-order valence-corrected chi connectivity index (χ4v) is 2.44. The van der Waals surface area contributed by atoms with Gasteiger partial charge in [-0.1, -0.05) is 36.4 Å². The largest absolute Gasteiger partial charge is 0.399 e. The first-order valence-electron chi connectivity index (χ1n) is 6.56. The lowest BCUT2D eigenvalue weighted by molar-refractivity contribution is 0.585. The first-order chi connectivity index (χ1) is 9.24. The molecule has 0 heterocycles. The molecule has 98 valence electrons. The van der Waals surface area contributed by atoms with E-state index >= 15 is 0 Å². The fraction of sp³-hybridized carbons (Fsp3) is 0.250. The highest BCUT2D eigenvalue weighted by Crippen LogP contribution is 2.40. The third kappa shape index (κ3) is 2.76. The highest BCUT2D eigenvalue weighted by molar-refractivity contribution is 5.40. The quantitative estimate of drug-likeness (QED) is 0.825. The van der Waals surface area contributed by atoms with Crippen molar-refractivity contribution in [1.82, 2.24) is 5.32 Å². The average molecular weight is 256 g/mol. The van der Waals surface area contributed by atoms with Crippen molar-refractivity contribution in [2.24, 2.45) is 0 Å². The molecule has 1 fully saturated rings. The molecule has 0 aliphatic heterocycles. The Hall–Kier alpha value is -1.87. The van der Waals surface area contributed by atoms with Crippen molar-refractivity contribution in [2.75, 3.05) is 5.73 Å². The Labute approximate surface area is 112 Å². The minimum atomic E-state index is -0.232. The molecule has 19 heavy (non-hydrogen) atoms. The van der Waals surface area contributed by atoms with Gasteiger partial charge in [-0.3, -0.25) is 0 Å². The highest BCUT2D eigenvalue weighted by atomic mass is 19.1. The maximum Gasteiger partial charge on any atom is 0.129 e. The molecule has 0 saturated heterocycles. The lowest BCUT2D eigenvalue weighted by atomic mass is 10.1. The van der Waals surface area contributed by atoms with E-state index in [9.17, 15) is 4.39 Å². The highest BCUT2D eigenvalue weighted by Gasteiger charge is 2.37. The van der Waals surface area contributed by atoms with Gasteiger partial charge in [0, 0.05) is 29.8 Å². The Kier molecular flexibility index (Phi) is 3.22. The second-order valence-corrected chi connectivity index (χ2v) is 5.09. The topological polar surface area (TPSA) is 38.0 Å². The molecule has 2 atom stereocenters. The van der Waals surface area contributed by atoms with E-state index in [2.05, 4.69) is 29.6 Å². The van der Waals surface area contributed by atoms with Crippen LogP contribution in [0.1, 0.15) is 23.5 Å². The van der Waals surface area contributed by atoms with Gasteiger partial charge >= 0.3 is 0 Å². The van der Waals surface area contributed by atoms with Gasteiger partial charge in [0.1, 0.15) is 5.82 Å². The molecule has 0 amide bonds. The molecule has 2 aromatic rings. The SMILES string of the molecule is Nc1ccc(CNC2CC2c2ccccc2)c(F)c1. The Bertz CT molecular complexity index is 568. The molecule has 0 bridgehead atoms. The van der Waals surface area contributed by atoms with Crippen LogP contribution in [0.2, 0.25) is 0 Å². The van der Waals surface area contributed by atoms with Crippen molar-refractivity contribution in [3.8, 4) is 0 Å². The van der Waals surface area contributed by atoms with Gasteiger partial charge in [0.05, 0.1) is 0 Å². The number of rotatable bonds is 4. The van der Waals surface area contributed by atoms with Crippen molar-refractivity contribution in [3.63, 3.8) is 0 Å². The first-order valence-corrected chi connectivity index (χ1v) is 6.56. The van der Waals surface area contributed by atoms with E-state index in [4.69, 9.17) is 5.73 Å². The van der Waals surface area contributed by atoms with Crippen LogP contribution in [-0.4, -0.2) is 6.04 Å². The zero-order chi connectivity index (χ0) is 13.2. The number of hydrogen-bond acceptors (Lipinski definition) is 2. The second-order valence-electron chi connectivity index (χ2n) is 5.09. The van der Waals surface area contributed by atoms with Crippen molar-refractivity contribution in [2.45, 2.75) is 24.9 Å². The van der Waals surface area contributed by atoms with Crippen molar-refractivity contribution >= 4 is 5.69 Å². The lowest BCUT2D eigenvalue weighted by Gasteiger charge is -2.06. The minimum Gasteiger partial charge on any atom is -0.399 e. The number of hydrogen-bond donors (Lipinski definition) is 2. The number of halogens is 1. The third-order valence-corrected chi connectivity index (χ3v) is 3.65. The molecule has 3 rings (SSSR count). The average Bonchev–Trinajstić information content (AvgIpc) is 3.18. The van der Waals surface area contributed by atoms with Gasteiger partial charge in [-0.05, 0) is 24.1 Å². The van der Waals surface area contributed by atoms with E-state index in [1.54, 1.807) is 12.1 Å². The minimum absolute atomic E-state index is 0.232. The third-order valence-electron chi connectivity index (χ3n) is 3.65. The molecule has 0 radical (unpaired) electrons. The molecule has 2 unspecified atom stereocenters. The molecule has 1 aliphatic rings. The van der Waals surface area contributed by atoms with E-state index in [1.165, 1.54) is 11.6 Å². The molecular weight excluding hydrogens is 239 g/mol.